The Bertz CT molecular complexity index is 490. The smallest absolute Gasteiger partial charge is 0.163 e. The Morgan fingerprint density at radius 2 is 2.00 bits per heavy atom. The number of aryl methyl sites for hydroxylation is 1. The van der Waals surface area contributed by atoms with E-state index in [1.165, 1.54) is 6.42 Å². The molecule has 0 bridgehead atoms. The summed E-state index contributed by atoms with van der Waals surface area (Å²) in [6.45, 7) is 3.42. The summed E-state index contributed by atoms with van der Waals surface area (Å²) >= 11 is 0. The average molecular weight is 232 g/mol. The van der Waals surface area contributed by atoms with Gasteiger partial charge < -0.3 is 14.5 Å². The number of H-pyrrole nitrogens is 1. The molecular weight excluding hydrogens is 216 g/mol. The molecule has 0 amide bonds. The second-order valence-electron chi connectivity index (χ2n) is 4.30. The fraction of sp³-hybridized carbons (Fsp3) is 0.462. The molecule has 17 heavy (non-hydrogen) atoms. The summed E-state index contributed by atoms with van der Waals surface area (Å²) in [5.74, 6) is 2.66. The number of fused-ring (bicyclic) bond motifs is 2. The molecule has 2 heterocycles. The minimum Gasteiger partial charge on any atom is -0.486 e. The summed E-state index contributed by atoms with van der Waals surface area (Å²) in [6, 6.07) is 3.93. The Morgan fingerprint density at radius 3 is 2.76 bits per heavy atom. The van der Waals surface area contributed by atoms with Crippen LogP contribution in [0.15, 0.2) is 12.1 Å². The third-order valence-electron chi connectivity index (χ3n) is 2.96. The first-order valence-electron chi connectivity index (χ1n) is 6.15. The van der Waals surface area contributed by atoms with Crippen LogP contribution in [0.5, 0.6) is 11.5 Å². The summed E-state index contributed by atoms with van der Waals surface area (Å²) in [5, 5.41) is 0. The van der Waals surface area contributed by atoms with Crippen LogP contribution in [0.1, 0.15) is 25.6 Å². The van der Waals surface area contributed by atoms with Crippen LogP contribution < -0.4 is 9.47 Å². The van der Waals surface area contributed by atoms with Gasteiger partial charge in [0.05, 0.1) is 11.0 Å². The van der Waals surface area contributed by atoms with Crippen molar-refractivity contribution in [3.05, 3.63) is 18.0 Å². The minimum absolute atomic E-state index is 0.617. The molecular formula is C13H16N2O2. The largest absolute Gasteiger partial charge is 0.486 e. The molecule has 0 spiro atoms. The van der Waals surface area contributed by atoms with Crippen LogP contribution in [-0.4, -0.2) is 23.2 Å². The van der Waals surface area contributed by atoms with Crippen LogP contribution >= 0.6 is 0 Å². The summed E-state index contributed by atoms with van der Waals surface area (Å²) < 4.78 is 11.1. The third-order valence-corrected chi connectivity index (χ3v) is 2.96. The number of nitrogens with one attached hydrogen (secondary N) is 1. The summed E-state index contributed by atoms with van der Waals surface area (Å²) in [6.07, 6.45) is 3.34. The van der Waals surface area contributed by atoms with Gasteiger partial charge in [-0.25, -0.2) is 4.98 Å². The van der Waals surface area contributed by atoms with E-state index in [1.54, 1.807) is 0 Å². The third kappa shape index (κ3) is 1.95. The highest BCUT2D eigenvalue weighted by Crippen LogP contribution is 2.33. The van der Waals surface area contributed by atoms with E-state index >= 15 is 0 Å². The van der Waals surface area contributed by atoms with Crippen molar-refractivity contribution < 1.29 is 9.47 Å². The normalized spacial score (nSPS) is 14.2. The molecule has 0 atom stereocenters. The van der Waals surface area contributed by atoms with Crippen molar-refractivity contribution in [3.8, 4) is 11.5 Å². The zero-order chi connectivity index (χ0) is 11.7. The second-order valence-corrected chi connectivity index (χ2v) is 4.30. The van der Waals surface area contributed by atoms with Crippen molar-refractivity contribution in [3.63, 3.8) is 0 Å². The minimum atomic E-state index is 0.617. The van der Waals surface area contributed by atoms with Crippen LogP contribution in [0.2, 0.25) is 0 Å². The van der Waals surface area contributed by atoms with Crippen molar-refractivity contribution in [1.29, 1.82) is 0 Å². The lowest BCUT2D eigenvalue weighted by atomic mass is 10.2. The van der Waals surface area contributed by atoms with Gasteiger partial charge in [-0.15, -0.1) is 0 Å². The molecule has 0 radical (unpaired) electrons. The first kappa shape index (κ1) is 10.4. The fourth-order valence-corrected chi connectivity index (χ4v) is 2.06. The number of rotatable bonds is 3. The zero-order valence-corrected chi connectivity index (χ0v) is 9.95. The van der Waals surface area contributed by atoms with E-state index in [1.807, 2.05) is 12.1 Å². The molecule has 4 nitrogen and oxygen atoms in total. The van der Waals surface area contributed by atoms with Gasteiger partial charge in [-0.3, -0.25) is 0 Å². The Hall–Kier alpha value is -1.71. The van der Waals surface area contributed by atoms with E-state index in [2.05, 4.69) is 16.9 Å². The van der Waals surface area contributed by atoms with Crippen LogP contribution in [-0.2, 0) is 6.42 Å². The topological polar surface area (TPSA) is 47.1 Å². The maximum absolute atomic E-state index is 5.55. The van der Waals surface area contributed by atoms with E-state index in [9.17, 15) is 0 Å². The number of aromatic amines is 1. The first-order valence-corrected chi connectivity index (χ1v) is 6.15. The predicted octanol–water partition coefficient (Wildman–Crippen LogP) is 2.68. The van der Waals surface area contributed by atoms with Crippen LogP contribution in [0.4, 0.5) is 0 Å². The number of nitrogens with zero attached hydrogens (tertiary/aromatic N) is 1. The maximum Gasteiger partial charge on any atom is 0.163 e. The molecule has 4 heteroatoms. The van der Waals surface area contributed by atoms with Gasteiger partial charge in [-0.05, 0) is 6.42 Å². The Kier molecular flexibility index (Phi) is 2.63. The lowest BCUT2D eigenvalue weighted by Gasteiger charge is -2.17. The maximum atomic E-state index is 5.55. The number of imidazole rings is 1. The van der Waals surface area contributed by atoms with Gasteiger partial charge in [0, 0.05) is 18.6 Å². The van der Waals surface area contributed by atoms with E-state index in [4.69, 9.17) is 9.47 Å². The molecule has 3 rings (SSSR count). The molecule has 1 aliphatic heterocycles. The number of hydrogen-bond donors (Lipinski definition) is 1. The summed E-state index contributed by atoms with van der Waals surface area (Å²) in [4.78, 5) is 7.90. The number of ether oxygens (including phenoxy) is 2. The number of benzene rings is 1. The van der Waals surface area contributed by atoms with E-state index in [0.29, 0.717) is 13.2 Å². The monoisotopic (exact) mass is 232 g/mol. The molecule has 1 aromatic heterocycles. The molecule has 2 aromatic rings. The number of aromatic nitrogens is 2. The molecule has 1 N–H and O–H groups in total. The lowest BCUT2D eigenvalue weighted by Crippen LogP contribution is -2.15. The van der Waals surface area contributed by atoms with Gasteiger partial charge in [-0.1, -0.05) is 13.3 Å². The van der Waals surface area contributed by atoms with Crippen molar-refractivity contribution in [2.24, 2.45) is 0 Å². The summed E-state index contributed by atoms with van der Waals surface area (Å²) in [7, 11) is 0. The van der Waals surface area contributed by atoms with E-state index < -0.39 is 0 Å². The average Bonchev–Trinajstić information content (AvgIpc) is 2.75. The highest BCUT2D eigenvalue weighted by atomic mass is 16.6. The van der Waals surface area contributed by atoms with E-state index in [0.717, 1.165) is 41.2 Å². The molecule has 0 saturated carbocycles. The lowest BCUT2D eigenvalue weighted by molar-refractivity contribution is 0.172. The van der Waals surface area contributed by atoms with Crippen molar-refractivity contribution in [2.75, 3.05) is 13.2 Å². The van der Waals surface area contributed by atoms with Crippen molar-refractivity contribution >= 4 is 11.0 Å². The van der Waals surface area contributed by atoms with E-state index in [-0.39, 0.29) is 0 Å². The molecule has 0 fully saturated rings. The molecule has 1 aromatic carbocycles. The van der Waals surface area contributed by atoms with Crippen molar-refractivity contribution in [1.82, 2.24) is 9.97 Å². The number of hydrogen-bond acceptors (Lipinski definition) is 3. The fourth-order valence-electron chi connectivity index (χ4n) is 2.06. The Labute approximate surface area is 100.0 Å². The molecule has 0 unspecified atom stereocenters. The van der Waals surface area contributed by atoms with Crippen molar-refractivity contribution in [2.45, 2.75) is 26.2 Å². The highest BCUT2D eigenvalue weighted by Gasteiger charge is 2.14. The molecule has 0 aliphatic carbocycles. The SMILES string of the molecule is CCCCc1nc2cc3c(cc2[nH]1)OCCO3. The second kappa shape index (κ2) is 4.28. The molecule has 0 saturated heterocycles. The van der Waals surface area contributed by atoms with Gasteiger partial charge in [-0.2, -0.15) is 0 Å². The zero-order valence-electron chi connectivity index (χ0n) is 9.95. The summed E-state index contributed by atoms with van der Waals surface area (Å²) in [5.41, 5.74) is 1.99. The molecule has 1 aliphatic rings. The van der Waals surface area contributed by atoms with Crippen LogP contribution in [0, 0.1) is 0 Å². The van der Waals surface area contributed by atoms with Gasteiger partial charge in [0.2, 0.25) is 0 Å². The highest BCUT2D eigenvalue weighted by molar-refractivity contribution is 5.79. The first-order chi connectivity index (χ1) is 8.36. The standard InChI is InChI=1S/C13H16N2O2/c1-2-3-4-13-14-9-7-11-12(8-10(9)15-13)17-6-5-16-11/h7-8H,2-6H2,1H3,(H,14,15). The Balaban J connectivity index is 1.98. The van der Waals surface area contributed by atoms with Gasteiger partial charge in [0.15, 0.2) is 11.5 Å². The van der Waals surface area contributed by atoms with Gasteiger partial charge in [0.25, 0.3) is 0 Å². The van der Waals surface area contributed by atoms with Crippen LogP contribution in [0.3, 0.4) is 0 Å². The Morgan fingerprint density at radius 1 is 1.24 bits per heavy atom. The molecule has 90 valence electrons. The van der Waals surface area contributed by atoms with Crippen LogP contribution in [0.25, 0.3) is 11.0 Å². The predicted molar refractivity (Wildman–Crippen MR) is 65.7 cm³/mol. The van der Waals surface area contributed by atoms with Gasteiger partial charge >= 0.3 is 0 Å². The number of unbranched alkanes of at least 4 members (excludes halogenated alkanes) is 1. The van der Waals surface area contributed by atoms with Gasteiger partial charge in [0.1, 0.15) is 19.0 Å². The quantitative estimate of drug-likeness (QED) is 0.885.